The Kier molecular flexibility index (Phi) is 4.53. The van der Waals surface area contributed by atoms with E-state index in [1.807, 2.05) is 25.1 Å². The number of hydrogen-bond acceptors (Lipinski definition) is 4. The first-order valence-electron chi connectivity index (χ1n) is 4.92. The molecule has 0 spiro atoms. The number of anilines is 2. The molecule has 0 aliphatic heterocycles. The molecule has 0 bridgehead atoms. The number of carbonyl (C=O) groups excluding carboxylic acids is 1. The summed E-state index contributed by atoms with van der Waals surface area (Å²) in [4.78, 5) is 17.2. The van der Waals surface area contributed by atoms with E-state index in [1.165, 1.54) is 0 Å². The van der Waals surface area contributed by atoms with Crippen molar-refractivity contribution in [1.29, 1.82) is 0 Å². The van der Waals surface area contributed by atoms with Gasteiger partial charge in [0.25, 0.3) is 0 Å². The Bertz CT molecular complexity index is 337. The second kappa shape index (κ2) is 5.92. The lowest BCUT2D eigenvalue weighted by molar-refractivity contribution is 0.245. The smallest absolute Gasteiger partial charge is 0.319 e. The predicted octanol–water partition coefficient (Wildman–Crippen LogP) is 0.261. The molecular weight excluding hydrogens is 208 g/mol. The van der Waals surface area contributed by atoms with Gasteiger partial charge in [0.05, 0.1) is 18.5 Å². The van der Waals surface area contributed by atoms with Crippen LogP contribution in [0.15, 0.2) is 18.3 Å². The molecule has 6 nitrogen and oxygen atoms in total. The molecule has 1 heterocycles. The Morgan fingerprint density at radius 3 is 2.75 bits per heavy atom. The molecule has 0 saturated heterocycles. The zero-order valence-corrected chi connectivity index (χ0v) is 9.40. The number of amides is 2. The van der Waals surface area contributed by atoms with E-state index in [2.05, 4.69) is 15.6 Å². The van der Waals surface area contributed by atoms with Gasteiger partial charge >= 0.3 is 6.03 Å². The van der Waals surface area contributed by atoms with Crippen LogP contribution < -0.4 is 15.5 Å². The fourth-order valence-electron chi connectivity index (χ4n) is 1.07. The summed E-state index contributed by atoms with van der Waals surface area (Å²) in [6, 6.07) is 3.22. The lowest BCUT2D eigenvalue weighted by Crippen LogP contribution is -2.31. The highest BCUT2D eigenvalue weighted by atomic mass is 16.3. The van der Waals surface area contributed by atoms with Gasteiger partial charge in [-0.25, -0.2) is 9.78 Å². The van der Waals surface area contributed by atoms with Crippen LogP contribution in [0.4, 0.5) is 16.3 Å². The number of carbonyl (C=O) groups is 1. The molecule has 0 atom stereocenters. The maximum Gasteiger partial charge on any atom is 0.319 e. The summed E-state index contributed by atoms with van der Waals surface area (Å²) < 4.78 is 0. The molecule has 1 aromatic heterocycles. The minimum Gasteiger partial charge on any atom is -0.395 e. The monoisotopic (exact) mass is 224 g/mol. The van der Waals surface area contributed by atoms with Crippen molar-refractivity contribution in [2.45, 2.75) is 0 Å². The molecule has 0 aromatic carbocycles. The zero-order valence-electron chi connectivity index (χ0n) is 9.40. The minimum absolute atomic E-state index is 0.0781. The Morgan fingerprint density at radius 1 is 1.50 bits per heavy atom. The number of nitrogens with one attached hydrogen (secondary N) is 2. The molecule has 0 saturated carbocycles. The van der Waals surface area contributed by atoms with Gasteiger partial charge in [0.2, 0.25) is 0 Å². The van der Waals surface area contributed by atoms with Crippen molar-refractivity contribution in [3.63, 3.8) is 0 Å². The number of aromatic nitrogens is 1. The van der Waals surface area contributed by atoms with Crippen LogP contribution in [-0.2, 0) is 0 Å². The number of pyridine rings is 1. The number of aliphatic hydroxyl groups excluding tert-OH is 1. The number of hydrogen-bond donors (Lipinski definition) is 3. The van der Waals surface area contributed by atoms with Gasteiger partial charge in [-0.2, -0.15) is 0 Å². The molecule has 16 heavy (non-hydrogen) atoms. The standard InChI is InChI=1S/C10H16N4O2/c1-14(2)9-4-3-8(7-12-9)13-10(16)11-5-6-15/h3-4,7,15H,5-6H2,1-2H3,(H2,11,13,16). The average molecular weight is 224 g/mol. The third-order valence-electron chi connectivity index (χ3n) is 1.86. The van der Waals surface area contributed by atoms with Crippen molar-refractivity contribution >= 4 is 17.5 Å². The van der Waals surface area contributed by atoms with Crippen molar-refractivity contribution in [2.24, 2.45) is 0 Å². The molecule has 3 N–H and O–H groups in total. The molecular formula is C10H16N4O2. The van der Waals surface area contributed by atoms with E-state index in [4.69, 9.17) is 5.11 Å². The average Bonchev–Trinajstić information content (AvgIpc) is 2.27. The third kappa shape index (κ3) is 3.74. The van der Waals surface area contributed by atoms with Crippen LogP contribution in [0.5, 0.6) is 0 Å². The highest BCUT2D eigenvalue weighted by Crippen LogP contribution is 2.11. The lowest BCUT2D eigenvalue weighted by atomic mass is 10.4. The highest BCUT2D eigenvalue weighted by Gasteiger charge is 2.01. The summed E-state index contributed by atoms with van der Waals surface area (Å²) in [5.41, 5.74) is 0.612. The van der Waals surface area contributed by atoms with Crippen LogP contribution in [0.25, 0.3) is 0 Å². The van der Waals surface area contributed by atoms with Crippen LogP contribution in [-0.4, -0.2) is 43.4 Å². The van der Waals surface area contributed by atoms with Crippen molar-refractivity contribution < 1.29 is 9.90 Å². The van der Waals surface area contributed by atoms with Crippen molar-refractivity contribution in [1.82, 2.24) is 10.3 Å². The van der Waals surface area contributed by atoms with E-state index in [-0.39, 0.29) is 19.2 Å². The first-order valence-corrected chi connectivity index (χ1v) is 4.92. The molecule has 0 unspecified atom stereocenters. The Labute approximate surface area is 94.3 Å². The van der Waals surface area contributed by atoms with E-state index < -0.39 is 0 Å². The lowest BCUT2D eigenvalue weighted by Gasteiger charge is -2.11. The molecule has 88 valence electrons. The van der Waals surface area contributed by atoms with Crippen LogP contribution in [0.3, 0.4) is 0 Å². The maximum atomic E-state index is 11.2. The van der Waals surface area contributed by atoms with E-state index in [1.54, 1.807) is 12.3 Å². The van der Waals surface area contributed by atoms with Gasteiger partial charge in [-0.05, 0) is 12.1 Å². The molecule has 2 amide bonds. The van der Waals surface area contributed by atoms with Crippen LogP contribution in [0.1, 0.15) is 0 Å². The molecule has 0 radical (unpaired) electrons. The van der Waals surface area contributed by atoms with Gasteiger partial charge in [-0.1, -0.05) is 0 Å². The van der Waals surface area contributed by atoms with Crippen molar-refractivity contribution in [3.8, 4) is 0 Å². The van der Waals surface area contributed by atoms with Gasteiger partial charge in [0.1, 0.15) is 5.82 Å². The Balaban J connectivity index is 2.51. The first-order chi connectivity index (χ1) is 7.63. The molecule has 6 heteroatoms. The largest absolute Gasteiger partial charge is 0.395 e. The van der Waals surface area contributed by atoms with Gasteiger partial charge in [0, 0.05) is 20.6 Å². The van der Waals surface area contributed by atoms with Gasteiger partial charge in [0.15, 0.2) is 0 Å². The second-order valence-corrected chi connectivity index (χ2v) is 3.40. The van der Waals surface area contributed by atoms with E-state index in [0.29, 0.717) is 5.69 Å². The van der Waals surface area contributed by atoms with E-state index in [0.717, 1.165) is 5.82 Å². The first kappa shape index (κ1) is 12.3. The van der Waals surface area contributed by atoms with Crippen LogP contribution in [0.2, 0.25) is 0 Å². The van der Waals surface area contributed by atoms with Gasteiger partial charge in [-0.3, -0.25) is 0 Å². The molecule has 0 aliphatic rings. The summed E-state index contributed by atoms with van der Waals surface area (Å²) >= 11 is 0. The zero-order chi connectivity index (χ0) is 12.0. The fourth-order valence-corrected chi connectivity index (χ4v) is 1.07. The summed E-state index contributed by atoms with van der Waals surface area (Å²) in [7, 11) is 3.78. The van der Waals surface area contributed by atoms with E-state index in [9.17, 15) is 4.79 Å². The van der Waals surface area contributed by atoms with Crippen LogP contribution in [0, 0.1) is 0 Å². The Morgan fingerprint density at radius 2 is 2.25 bits per heavy atom. The number of rotatable bonds is 4. The molecule has 0 aliphatic carbocycles. The highest BCUT2D eigenvalue weighted by molar-refractivity contribution is 5.89. The number of nitrogens with zero attached hydrogens (tertiary/aromatic N) is 2. The summed E-state index contributed by atoms with van der Waals surface area (Å²) in [5, 5.41) is 13.6. The second-order valence-electron chi connectivity index (χ2n) is 3.40. The number of aliphatic hydroxyl groups is 1. The van der Waals surface area contributed by atoms with Crippen molar-refractivity contribution in [2.75, 3.05) is 37.5 Å². The summed E-state index contributed by atoms with van der Waals surface area (Å²) in [6.07, 6.45) is 1.58. The minimum atomic E-state index is -0.353. The fraction of sp³-hybridized carbons (Fsp3) is 0.400. The van der Waals surface area contributed by atoms with Gasteiger partial charge < -0.3 is 20.6 Å². The van der Waals surface area contributed by atoms with Crippen LogP contribution >= 0.6 is 0 Å². The SMILES string of the molecule is CN(C)c1ccc(NC(=O)NCCO)cn1. The molecule has 1 rings (SSSR count). The quantitative estimate of drug-likeness (QED) is 0.685. The van der Waals surface area contributed by atoms with E-state index >= 15 is 0 Å². The van der Waals surface area contributed by atoms with Gasteiger partial charge in [-0.15, -0.1) is 0 Å². The third-order valence-corrected chi connectivity index (χ3v) is 1.86. The summed E-state index contributed by atoms with van der Waals surface area (Å²) in [5.74, 6) is 0.821. The molecule has 0 fully saturated rings. The molecule has 1 aromatic rings. The normalized spacial score (nSPS) is 9.69. The van der Waals surface area contributed by atoms with Crippen molar-refractivity contribution in [3.05, 3.63) is 18.3 Å². The maximum absolute atomic E-state index is 11.2. The summed E-state index contributed by atoms with van der Waals surface area (Å²) in [6.45, 7) is 0.153. The Hall–Kier alpha value is -1.82. The topological polar surface area (TPSA) is 77.5 Å². The number of urea groups is 1. The predicted molar refractivity (Wildman–Crippen MR) is 62.7 cm³/mol.